The van der Waals surface area contributed by atoms with E-state index in [1.54, 1.807) is 0 Å². The number of rotatable bonds is 4. The summed E-state index contributed by atoms with van der Waals surface area (Å²) in [6.07, 6.45) is 2.01. The third kappa shape index (κ3) is 19.9. The fourth-order valence-corrected chi connectivity index (χ4v) is 2.75. The van der Waals surface area contributed by atoms with Gasteiger partial charge in [-0.2, -0.15) is 0 Å². The maximum atomic E-state index is 9.45. The molecule has 0 bridgehead atoms. The van der Waals surface area contributed by atoms with Crippen LogP contribution in [0.3, 0.4) is 0 Å². The molecule has 0 unspecified atom stereocenters. The molecule has 0 aliphatic heterocycles. The van der Waals surface area contributed by atoms with Crippen molar-refractivity contribution >= 4 is 33.0 Å². The van der Waals surface area contributed by atoms with Gasteiger partial charge in [0.2, 0.25) is 0 Å². The molecule has 0 atom stereocenters. The van der Waals surface area contributed by atoms with E-state index in [1.165, 1.54) is 0 Å². The van der Waals surface area contributed by atoms with Crippen molar-refractivity contribution in [3.05, 3.63) is 0 Å². The van der Waals surface area contributed by atoms with Gasteiger partial charge in [-0.3, -0.25) is 0 Å². The van der Waals surface area contributed by atoms with Gasteiger partial charge in [-0.15, -0.1) is 24.8 Å². The Morgan fingerprint density at radius 1 is 0.923 bits per heavy atom. The van der Waals surface area contributed by atoms with Crippen LogP contribution >= 0.6 is 33.0 Å². The topological polar surface area (TPSA) is 20.2 Å². The maximum absolute atomic E-state index is 9.45. The summed E-state index contributed by atoms with van der Waals surface area (Å²) in [6.45, 7) is 8.63. The zero-order valence-corrected chi connectivity index (χ0v) is 13.5. The smallest absolute Gasteiger partial charge is 0.0256 e. The molecule has 0 aromatic rings. The van der Waals surface area contributed by atoms with Gasteiger partial charge in [0.25, 0.3) is 0 Å². The molecule has 0 aromatic heterocycles. The van der Waals surface area contributed by atoms with E-state index in [0.29, 0.717) is 11.8 Å². The van der Waals surface area contributed by atoms with Crippen molar-refractivity contribution in [1.82, 2.24) is 0 Å². The minimum absolute atomic E-state index is 0. The second-order valence-electron chi connectivity index (χ2n) is 3.66. The fraction of sp³-hybridized carbons (Fsp3) is 1.00. The molecule has 0 aliphatic carbocycles. The molecule has 0 saturated carbocycles. The monoisotopic (exact) mass is 427 g/mol. The molecular weight excluding hydrogens is 406 g/mol. The summed E-state index contributed by atoms with van der Waals surface area (Å²) in [5, 5.41) is 0. The van der Waals surface area contributed by atoms with Gasteiger partial charge in [0.15, 0.2) is 0 Å². The molecule has 0 spiro atoms. The molecule has 1 radical (unpaired) electrons. The standard InChI is InChI=1S/C8H19OP.2ClH.Ir/c1-7(2)5-10(9)6-8(3)4;;;/h7-9H,5-6H2,1-4H3;2*1H;. The molecule has 13 heavy (non-hydrogen) atoms. The first kappa shape index (κ1) is 24.0. The summed E-state index contributed by atoms with van der Waals surface area (Å²) in [5.41, 5.74) is 0. The van der Waals surface area contributed by atoms with Crippen molar-refractivity contribution in [2.24, 2.45) is 11.8 Å². The molecule has 0 aliphatic rings. The molecule has 0 aromatic carbocycles. The minimum atomic E-state index is -0.659. The van der Waals surface area contributed by atoms with Crippen LogP contribution in [0, 0.1) is 11.8 Å². The Labute approximate surface area is 109 Å². The van der Waals surface area contributed by atoms with Crippen molar-refractivity contribution in [2.45, 2.75) is 27.7 Å². The van der Waals surface area contributed by atoms with Gasteiger partial charge in [-0.05, 0) is 24.2 Å². The Kier molecular flexibility index (Phi) is 25.2. The molecule has 0 heterocycles. The van der Waals surface area contributed by atoms with Crippen LogP contribution in [0.5, 0.6) is 0 Å². The molecule has 5 heteroatoms. The molecule has 0 amide bonds. The van der Waals surface area contributed by atoms with Crippen molar-refractivity contribution in [1.29, 1.82) is 0 Å². The average Bonchev–Trinajstić information content (AvgIpc) is 1.58. The Hall–Kier alpha value is 1.62. The van der Waals surface area contributed by atoms with Crippen LogP contribution in [0.25, 0.3) is 0 Å². The first-order chi connectivity index (χ1) is 4.52. The SMILES string of the molecule is CC(C)CP(O)CC(C)C.Cl.Cl.[Ir]. The van der Waals surface area contributed by atoms with Crippen molar-refractivity contribution < 1.29 is 25.0 Å². The third-order valence-electron chi connectivity index (χ3n) is 1.15. The minimum Gasteiger partial charge on any atom is -0.374 e. The van der Waals surface area contributed by atoms with E-state index < -0.39 is 8.15 Å². The van der Waals surface area contributed by atoms with Crippen LogP contribution in [0.15, 0.2) is 0 Å². The van der Waals surface area contributed by atoms with Gasteiger partial charge in [0, 0.05) is 28.3 Å². The van der Waals surface area contributed by atoms with E-state index in [4.69, 9.17) is 0 Å². The van der Waals surface area contributed by atoms with Crippen LogP contribution < -0.4 is 0 Å². The van der Waals surface area contributed by atoms with E-state index in [9.17, 15) is 4.89 Å². The van der Waals surface area contributed by atoms with E-state index in [1.807, 2.05) is 0 Å². The van der Waals surface area contributed by atoms with E-state index in [-0.39, 0.29) is 44.9 Å². The van der Waals surface area contributed by atoms with Gasteiger partial charge in [-0.1, -0.05) is 27.7 Å². The predicted octanol–water partition coefficient (Wildman–Crippen LogP) is 3.53. The molecule has 1 nitrogen and oxygen atoms in total. The van der Waals surface area contributed by atoms with E-state index in [2.05, 4.69) is 27.7 Å². The zero-order valence-electron chi connectivity index (χ0n) is 8.61. The summed E-state index contributed by atoms with van der Waals surface area (Å²) >= 11 is 0. The summed E-state index contributed by atoms with van der Waals surface area (Å²) in [7, 11) is -0.659. The Morgan fingerprint density at radius 3 is 1.31 bits per heavy atom. The Morgan fingerprint density at radius 2 is 1.15 bits per heavy atom. The maximum Gasteiger partial charge on any atom is 0.0256 e. The predicted molar refractivity (Wildman–Crippen MR) is 63.0 cm³/mol. The quantitative estimate of drug-likeness (QED) is 0.681. The molecule has 0 rings (SSSR count). The van der Waals surface area contributed by atoms with Crippen LogP contribution in [-0.2, 0) is 20.1 Å². The Balaban J connectivity index is -0.000000135. The fourth-order valence-electron chi connectivity index (χ4n) is 0.918. The van der Waals surface area contributed by atoms with Crippen LogP contribution in [0.2, 0.25) is 0 Å². The van der Waals surface area contributed by atoms with E-state index in [0.717, 1.165) is 12.3 Å². The molecule has 0 fully saturated rings. The van der Waals surface area contributed by atoms with E-state index >= 15 is 0 Å². The van der Waals surface area contributed by atoms with Gasteiger partial charge in [0.1, 0.15) is 0 Å². The van der Waals surface area contributed by atoms with Crippen molar-refractivity contribution in [3.8, 4) is 0 Å². The first-order valence-electron chi connectivity index (χ1n) is 3.96. The Bertz CT molecular complexity index is 84.2. The van der Waals surface area contributed by atoms with Crippen LogP contribution in [0.1, 0.15) is 27.7 Å². The van der Waals surface area contributed by atoms with Crippen LogP contribution in [0.4, 0.5) is 0 Å². The van der Waals surface area contributed by atoms with Crippen LogP contribution in [-0.4, -0.2) is 17.2 Å². The van der Waals surface area contributed by atoms with Crippen molar-refractivity contribution in [2.75, 3.05) is 12.3 Å². The normalized spacial score (nSPS) is 9.23. The molecular formula is C8H21Cl2IrOP. The summed E-state index contributed by atoms with van der Waals surface area (Å²) < 4.78 is 0. The first-order valence-corrected chi connectivity index (χ1v) is 5.62. The van der Waals surface area contributed by atoms with Gasteiger partial charge in [-0.25, -0.2) is 0 Å². The average molecular weight is 427 g/mol. The largest absolute Gasteiger partial charge is 0.374 e. The summed E-state index contributed by atoms with van der Waals surface area (Å²) in [4.78, 5) is 9.45. The second kappa shape index (κ2) is 13.6. The second-order valence-corrected chi connectivity index (χ2v) is 5.40. The third-order valence-corrected chi connectivity index (χ3v) is 3.46. The molecule has 1 N–H and O–H groups in total. The number of hydrogen-bond donors (Lipinski definition) is 1. The summed E-state index contributed by atoms with van der Waals surface area (Å²) in [6, 6.07) is 0. The van der Waals surface area contributed by atoms with Gasteiger partial charge < -0.3 is 4.89 Å². The molecule has 0 saturated heterocycles. The number of halogens is 2. The number of hydrogen-bond acceptors (Lipinski definition) is 1. The van der Waals surface area contributed by atoms with Gasteiger partial charge >= 0.3 is 0 Å². The summed E-state index contributed by atoms with van der Waals surface area (Å²) in [5.74, 6) is 1.30. The molecule has 87 valence electrons. The zero-order chi connectivity index (χ0) is 8.15. The van der Waals surface area contributed by atoms with Gasteiger partial charge in [0.05, 0.1) is 0 Å². The van der Waals surface area contributed by atoms with Crippen molar-refractivity contribution in [3.63, 3.8) is 0 Å².